The highest BCUT2D eigenvalue weighted by atomic mass is 32.2. The van der Waals surface area contributed by atoms with Crippen molar-refractivity contribution in [3.8, 4) is 0 Å². The fourth-order valence-electron chi connectivity index (χ4n) is 2.52. The first-order valence-electron chi connectivity index (χ1n) is 8.47. The summed E-state index contributed by atoms with van der Waals surface area (Å²) in [4.78, 5) is 12.1. The normalized spacial score (nSPS) is 11.8. The molecule has 0 unspecified atom stereocenters. The molecule has 0 bridgehead atoms. The smallest absolute Gasteiger partial charge is 0.198 e. The van der Waals surface area contributed by atoms with Gasteiger partial charge in [-0.05, 0) is 44.9 Å². The number of likely N-dealkylation sites (N-methyl/N-ethyl adjacent to an activating group) is 1. The van der Waals surface area contributed by atoms with Gasteiger partial charge in [-0.15, -0.1) is 10.2 Å². The summed E-state index contributed by atoms with van der Waals surface area (Å²) in [5.41, 5.74) is 1.11. The second-order valence-electron chi connectivity index (χ2n) is 6.56. The average molecular weight is 376 g/mol. The number of nitrogens with one attached hydrogen (secondary N) is 1. The lowest BCUT2D eigenvalue weighted by atomic mass is 10.3. The Hall–Kier alpha value is -2.10. The van der Waals surface area contributed by atoms with Gasteiger partial charge < -0.3 is 18.9 Å². The summed E-state index contributed by atoms with van der Waals surface area (Å²) >= 11 is 1.47. The molecule has 1 N–H and O–H groups in total. The predicted molar refractivity (Wildman–Crippen MR) is 99.8 cm³/mol. The van der Waals surface area contributed by atoms with Gasteiger partial charge in [0.15, 0.2) is 10.2 Å². The molecule has 26 heavy (non-hydrogen) atoms. The molecule has 0 saturated carbocycles. The zero-order valence-electron chi connectivity index (χ0n) is 15.6. The van der Waals surface area contributed by atoms with Gasteiger partial charge in [0.2, 0.25) is 0 Å². The first kappa shape index (κ1) is 18.7. The Morgan fingerprint density at radius 1 is 1.23 bits per heavy atom. The van der Waals surface area contributed by atoms with Crippen LogP contribution < -0.4 is 0 Å². The lowest BCUT2D eigenvalue weighted by molar-refractivity contribution is 0.205. The molecule has 0 aliphatic carbocycles. The first-order chi connectivity index (χ1) is 12.5. The Morgan fingerprint density at radius 2 is 2.08 bits per heavy atom. The Morgan fingerprint density at radius 3 is 2.73 bits per heavy atom. The molecule has 0 aliphatic rings. The second-order valence-corrected chi connectivity index (χ2v) is 7.53. The summed E-state index contributed by atoms with van der Waals surface area (Å²) in [5.74, 6) is 1.87. The lowest BCUT2D eigenvalue weighted by Crippen LogP contribution is -2.31. The maximum absolute atomic E-state index is 5.99. The summed E-state index contributed by atoms with van der Waals surface area (Å²) in [7, 11) is 6.09. The van der Waals surface area contributed by atoms with Crippen molar-refractivity contribution >= 4 is 11.8 Å². The monoisotopic (exact) mass is 375 g/mol. The number of H-pyrrole nitrogens is 1. The van der Waals surface area contributed by atoms with E-state index in [1.165, 1.54) is 11.8 Å². The largest absolute Gasteiger partial charge is 0.453 e. The molecular weight excluding hydrogens is 350 g/mol. The van der Waals surface area contributed by atoms with E-state index in [0.29, 0.717) is 0 Å². The van der Waals surface area contributed by atoms with Crippen molar-refractivity contribution in [1.82, 2.24) is 34.5 Å². The Labute approximate surface area is 157 Å². The highest BCUT2D eigenvalue weighted by molar-refractivity contribution is 7.99. The van der Waals surface area contributed by atoms with Crippen molar-refractivity contribution in [2.24, 2.45) is 7.05 Å². The fraction of sp³-hybridized carbons (Fsp3) is 0.471. The van der Waals surface area contributed by atoms with Crippen molar-refractivity contribution in [2.75, 3.05) is 27.2 Å². The fourth-order valence-corrected chi connectivity index (χ4v) is 3.27. The van der Waals surface area contributed by atoms with E-state index in [1.807, 2.05) is 36.9 Å². The number of aryl methyl sites for hydroxylation is 2. The number of imidazole rings is 1. The van der Waals surface area contributed by atoms with E-state index >= 15 is 0 Å². The molecule has 3 aromatic rings. The van der Waals surface area contributed by atoms with E-state index in [2.05, 4.69) is 44.1 Å². The van der Waals surface area contributed by atoms with Crippen LogP contribution >= 0.6 is 11.8 Å². The van der Waals surface area contributed by atoms with Gasteiger partial charge >= 0.3 is 0 Å². The van der Waals surface area contributed by atoms with Crippen LogP contribution in [0.3, 0.4) is 0 Å². The summed E-state index contributed by atoms with van der Waals surface area (Å²) in [6.45, 7) is 5.44. The molecule has 0 atom stereocenters. The first-order valence-corrected chi connectivity index (χ1v) is 9.29. The summed E-state index contributed by atoms with van der Waals surface area (Å²) < 4.78 is 7.86. The van der Waals surface area contributed by atoms with Crippen LogP contribution in [0.1, 0.15) is 17.3 Å². The van der Waals surface area contributed by atoms with E-state index in [1.54, 1.807) is 6.33 Å². The van der Waals surface area contributed by atoms with Crippen molar-refractivity contribution in [3.63, 3.8) is 0 Å². The van der Waals surface area contributed by atoms with Crippen LogP contribution in [0, 0.1) is 6.92 Å². The topological polar surface area (TPSA) is 79.0 Å². The molecule has 3 heterocycles. The minimum atomic E-state index is 0.741. The van der Waals surface area contributed by atoms with Crippen LogP contribution in [-0.4, -0.2) is 61.7 Å². The van der Waals surface area contributed by atoms with Crippen LogP contribution in [0.2, 0.25) is 0 Å². The highest BCUT2D eigenvalue weighted by Gasteiger charge is 2.13. The van der Waals surface area contributed by atoms with Crippen LogP contribution in [0.4, 0.5) is 0 Å². The van der Waals surface area contributed by atoms with Gasteiger partial charge in [-0.1, -0.05) is 0 Å². The number of aromatic nitrogens is 5. The summed E-state index contributed by atoms with van der Waals surface area (Å²) in [5, 5.41) is 9.60. The van der Waals surface area contributed by atoms with Crippen molar-refractivity contribution < 1.29 is 4.42 Å². The van der Waals surface area contributed by atoms with E-state index in [-0.39, 0.29) is 0 Å². The number of hydrogen-bond acceptors (Lipinski definition) is 7. The van der Waals surface area contributed by atoms with Crippen LogP contribution in [-0.2, 0) is 20.1 Å². The standard InChI is InChI=1S/C17H25N7OS/c1-13-18-9-14(20-13)10-24(8-7-22(2)3)11-15-5-6-16(25-15)26-17-21-19-12-23(17)4/h5-6,9,12H,7-8,10-11H2,1-4H3,(H,18,20). The van der Waals surface area contributed by atoms with Gasteiger partial charge in [0.05, 0.1) is 6.54 Å². The van der Waals surface area contributed by atoms with E-state index in [4.69, 9.17) is 4.42 Å². The Balaban J connectivity index is 1.64. The number of hydrogen-bond donors (Lipinski definition) is 1. The lowest BCUT2D eigenvalue weighted by Gasteiger charge is -2.22. The maximum Gasteiger partial charge on any atom is 0.198 e. The quantitative estimate of drug-likeness (QED) is 0.614. The third kappa shape index (κ3) is 5.20. The Kier molecular flexibility index (Phi) is 6.12. The van der Waals surface area contributed by atoms with Gasteiger partial charge in [0.25, 0.3) is 0 Å². The minimum absolute atomic E-state index is 0.741. The number of rotatable bonds is 9. The zero-order chi connectivity index (χ0) is 18.5. The van der Waals surface area contributed by atoms with Crippen molar-refractivity contribution in [3.05, 3.63) is 41.9 Å². The van der Waals surface area contributed by atoms with Crippen molar-refractivity contribution in [1.29, 1.82) is 0 Å². The molecule has 9 heteroatoms. The highest BCUT2D eigenvalue weighted by Crippen LogP contribution is 2.27. The molecule has 0 spiro atoms. The van der Waals surface area contributed by atoms with Gasteiger partial charge in [-0.25, -0.2) is 4.98 Å². The van der Waals surface area contributed by atoms with Crippen LogP contribution in [0.5, 0.6) is 0 Å². The molecule has 140 valence electrons. The number of furan rings is 1. The summed E-state index contributed by atoms with van der Waals surface area (Å²) in [6.07, 6.45) is 3.58. The SMILES string of the molecule is Cc1ncc(CN(CCN(C)C)Cc2ccc(Sc3nncn3C)o2)[nH]1. The minimum Gasteiger partial charge on any atom is -0.453 e. The molecule has 0 fully saturated rings. The molecule has 0 saturated heterocycles. The maximum atomic E-state index is 5.99. The third-order valence-electron chi connectivity index (χ3n) is 3.89. The number of aromatic amines is 1. The van der Waals surface area contributed by atoms with E-state index < -0.39 is 0 Å². The van der Waals surface area contributed by atoms with Gasteiger partial charge in [-0.3, -0.25) is 4.90 Å². The molecule has 0 aliphatic heterocycles. The van der Waals surface area contributed by atoms with Gasteiger partial charge in [0.1, 0.15) is 17.9 Å². The number of nitrogens with zero attached hydrogens (tertiary/aromatic N) is 6. The molecular formula is C17H25N7OS. The van der Waals surface area contributed by atoms with E-state index in [9.17, 15) is 0 Å². The second kappa shape index (κ2) is 8.52. The van der Waals surface area contributed by atoms with Crippen LogP contribution in [0.25, 0.3) is 0 Å². The molecule has 8 nitrogen and oxygen atoms in total. The van der Waals surface area contributed by atoms with Crippen molar-refractivity contribution in [2.45, 2.75) is 30.3 Å². The molecule has 0 radical (unpaired) electrons. The molecule has 3 aromatic heterocycles. The third-order valence-corrected chi connectivity index (χ3v) is 4.86. The van der Waals surface area contributed by atoms with Gasteiger partial charge in [-0.2, -0.15) is 0 Å². The zero-order valence-corrected chi connectivity index (χ0v) is 16.5. The van der Waals surface area contributed by atoms with E-state index in [0.717, 1.165) is 53.7 Å². The molecule has 0 amide bonds. The Bertz CT molecular complexity index is 823. The molecule has 0 aromatic carbocycles. The predicted octanol–water partition coefficient (Wildman–Crippen LogP) is 2.15. The summed E-state index contributed by atoms with van der Waals surface area (Å²) in [6, 6.07) is 4.01. The van der Waals surface area contributed by atoms with Gasteiger partial charge in [0, 0.05) is 38.6 Å². The van der Waals surface area contributed by atoms with Crippen LogP contribution in [0.15, 0.2) is 39.3 Å². The molecule has 3 rings (SSSR count). The average Bonchev–Trinajstić information content (AvgIpc) is 3.30.